The fourth-order valence-electron chi connectivity index (χ4n) is 2.14. The smallest absolute Gasteiger partial charge is 0.269 e. The molecule has 0 spiro atoms. The molecule has 0 amide bonds. The van der Waals surface area contributed by atoms with Crippen LogP contribution in [0.25, 0.3) is 10.6 Å². The van der Waals surface area contributed by atoms with Gasteiger partial charge in [-0.15, -0.1) is 10.2 Å². The quantitative estimate of drug-likeness (QED) is 0.655. The van der Waals surface area contributed by atoms with Crippen molar-refractivity contribution in [1.29, 1.82) is 0 Å². The Bertz CT molecular complexity index is 667. The van der Waals surface area contributed by atoms with Crippen LogP contribution in [0.2, 0.25) is 0 Å². The first-order chi connectivity index (χ1) is 10.1. The molecule has 1 heterocycles. The number of non-ortho nitro benzene ring substituents is 1. The molecule has 1 aromatic heterocycles. The van der Waals surface area contributed by atoms with Crippen molar-refractivity contribution in [3.8, 4) is 10.6 Å². The van der Waals surface area contributed by atoms with Gasteiger partial charge in [0, 0.05) is 36.7 Å². The standard InChI is InChI=1S/C14H16N4O2S/c1-9-8-11(18(19)20)4-5-12(9)14-17-16-13(21-14)6-7-15-10-2-3-10/h4-5,8,10,15H,2-3,6-7H2,1H3. The van der Waals surface area contributed by atoms with E-state index in [2.05, 4.69) is 15.5 Å². The fraction of sp³-hybridized carbons (Fsp3) is 0.429. The lowest BCUT2D eigenvalue weighted by Gasteiger charge is -2.01. The third-order valence-electron chi connectivity index (χ3n) is 3.47. The summed E-state index contributed by atoms with van der Waals surface area (Å²) in [6.45, 7) is 2.79. The highest BCUT2D eigenvalue weighted by atomic mass is 32.1. The van der Waals surface area contributed by atoms with Crippen molar-refractivity contribution >= 4 is 17.0 Å². The maximum atomic E-state index is 10.8. The summed E-state index contributed by atoms with van der Waals surface area (Å²) in [5, 5.41) is 24.4. The highest BCUT2D eigenvalue weighted by molar-refractivity contribution is 7.14. The van der Waals surface area contributed by atoms with E-state index in [0.717, 1.165) is 34.1 Å². The zero-order valence-electron chi connectivity index (χ0n) is 11.7. The molecule has 1 aliphatic carbocycles. The highest BCUT2D eigenvalue weighted by Gasteiger charge is 2.20. The molecular weight excluding hydrogens is 288 g/mol. The summed E-state index contributed by atoms with van der Waals surface area (Å²) in [4.78, 5) is 10.4. The number of nitrogens with one attached hydrogen (secondary N) is 1. The first-order valence-corrected chi connectivity index (χ1v) is 7.76. The Balaban J connectivity index is 1.71. The first-order valence-electron chi connectivity index (χ1n) is 6.94. The maximum absolute atomic E-state index is 10.8. The number of nitro benzene ring substituents is 1. The minimum absolute atomic E-state index is 0.106. The molecule has 6 nitrogen and oxygen atoms in total. The molecule has 2 aromatic rings. The molecule has 1 aromatic carbocycles. The number of hydrogen-bond acceptors (Lipinski definition) is 6. The van der Waals surface area contributed by atoms with Crippen LogP contribution >= 0.6 is 11.3 Å². The predicted octanol–water partition coefficient (Wildman–Crippen LogP) is 2.72. The summed E-state index contributed by atoms with van der Waals surface area (Å²) < 4.78 is 0. The van der Waals surface area contributed by atoms with E-state index in [9.17, 15) is 10.1 Å². The fourth-order valence-corrected chi connectivity index (χ4v) is 3.07. The SMILES string of the molecule is Cc1cc([N+](=O)[O-])ccc1-c1nnc(CCNC2CC2)s1. The molecule has 0 atom stereocenters. The first kappa shape index (κ1) is 14.1. The van der Waals surface area contributed by atoms with Gasteiger partial charge in [0.25, 0.3) is 5.69 Å². The van der Waals surface area contributed by atoms with E-state index in [1.54, 1.807) is 23.5 Å². The third kappa shape index (κ3) is 3.43. The van der Waals surface area contributed by atoms with E-state index < -0.39 is 0 Å². The summed E-state index contributed by atoms with van der Waals surface area (Å²) in [5.74, 6) is 0. The summed E-state index contributed by atoms with van der Waals surface area (Å²) in [6.07, 6.45) is 3.44. The Labute approximate surface area is 126 Å². The average Bonchev–Trinajstić information content (AvgIpc) is 3.16. The second-order valence-electron chi connectivity index (χ2n) is 5.24. The van der Waals surface area contributed by atoms with Crippen LogP contribution in [-0.2, 0) is 6.42 Å². The van der Waals surface area contributed by atoms with Gasteiger partial charge in [-0.05, 0) is 31.4 Å². The molecule has 0 aliphatic heterocycles. The molecule has 7 heteroatoms. The van der Waals surface area contributed by atoms with Gasteiger partial charge >= 0.3 is 0 Å². The Morgan fingerprint density at radius 1 is 1.43 bits per heavy atom. The second-order valence-corrected chi connectivity index (χ2v) is 6.30. The summed E-state index contributed by atoms with van der Waals surface area (Å²) in [7, 11) is 0. The number of nitro groups is 1. The van der Waals surface area contributed by atoms with Gasteiger partial charge in [-0.25, -0.2) is 0 Å². The monoisotopic (exact) mass is 304 g/mol. The summed E-state index contributed by atoms with van der Waals surface area (Å²) >= 11 is 1.55. The molecule has 0 unspecified atom stereocenters. The van der Waals surface area contributed by atoms with Crippen LogP contribution in [0.4, 0.5) is 5.69 Å². The van der Waals surface area contributed by atoms with Crippen LogP contribution in [0.15, 0.2) is 18.2 Å². The molecule has 1 fully saturated rings. The number of aromatic nitrogens is 2. The van der Waals surface area contributed by atoms with Crippen LogP contribution in [0.1, 0.15) is 23.4 Å². The van der Waals surface area contributed by atoms with Crippen LogP contribution in [0, 0.1) is 17.0 Å². The number of hydrogen-bond donors (Lipinski definition) is 1. The van der Waals surface area contributed by atoms with Crippen molar-refractivity contribution in [1.82, 2.24) is 15.5 Å². The lowest BCUT2D eigenvalue weighted by Crippen LogP contribution is -2.19. The van der Waals surface area contributed by atoms with E-state index in [4.69, 9.17) is 0 Å². The molecule has 0 saturated heterocycles. The van der Waals surface area contributed by atoms with E-state index in [-0.39, 0.29) is 10.6 Å². The maximum Gasteiger partial charge on any atom is 0.269 e. The zero-order chi connectivity index (χ0) is 14.8. The Morgan fingerprint density at radius 2 is 2.24 bits per heavy atom. The molecule has 0 bridgehead atoms. The minimum Gasteiger partial charge on any atom is -0.314 e. The highest BCUT2D eigenvalue weighted by Crippen LogP contribution is 2.29. The van der Waals surface area contributed by atoms with Crippen molar-refractivity contribution in [2.75, 3.05) is 6.54 Å². The molecule has 1 aliphatic rings. The molecular formula is C14H16N4O2S. The lowest BCUT2D eigenvalue weighted by atomic mass is 10.1. The molecule has 1 N–H and O–H groups in total. The molecule has 110 valence electrons. The van der Waals surface area contributed by atoms with Crippen LogP contribution < -0.4 is 5.32 Å². The minimum atomic E-state index is -0.383. The van der Waals surface area contributed by atoms with Crippen molar-refractivity contribution in [3.63, 3.8) is 0 Å². The van der Waals surface area contributed by atoms with Crippen LogP contribution in [0.3, 0.4) is 0 Å². The largest absolute Gasteiger partial charge is 0.314 e. The van der Waals surface area contributed by atoms with Crippen LogP contribution in [-0.4, -0.2) is 27.7 Å². The van der Waals surface area contributed by atoms with Crippen molar-refractivity contribution < 1.29 is 4.92 Å². The number of rotatable bonds is 6. The van der Waals surface area contributed by atoms with Gasteiger partial charge in [-0.3, -0.25) is 10.1 Å². The van der Waals surface area contributed by atoms with Gasteiger partial charge < -0.3 is 5.32 Å². The predicted molar refractivity (Wildman–Crippen MR) is 81.5 cm³/mol. The Hall–Kier alpha value is -1.86. The number of benzene rings is 1. The van der Waals surface area contributed by atoms with E-state index >= 15 is 0 Å². The van der Waals surface area contributed by atoms with Crippen molar-refractivity contribution in [3.05, 3.63) is 38.9 Å². The average molecular weight is 304 g/mol. The number of nitrogens with zero attached hydrogens (tertiary/aromatic N) is 3. The summed E-state index contributed by atoms with van der Waals surface area (Å²) in [5.41, 5.74) is 1.87. The van der Waals surface area contributed by atoms with Gasteiger partial charge in [0.05, 0.1) is 4.92 Å². The van der Waals surface area contributed by atoms with Gasteiger partial charge in [0.15, 0.2) is 0 Å². The summed E-state index contributed by atoms with van der Waals surface area (Å²) in [6, 6.07) is 5.54. The lowest BCUT2D eigenvalue weighted by molar-refractivity contribution is -0.384. The van der Waals surface area contributed by atoms with Crippen molar-refractivity contribution in [2.24, 2.45) is 0 Å². The van der Waals surface area contributed by atoms with Crippen molar-refractivity contribution in [2.45, 2.75) is 32.2 Å². The molecule has 0 radical (unpaired) electrons. The second kappa shape index (κ2) is 5.87. The van der Waals surface area contributed by atoms with Gasteiger partial charge in [-0.2, -0.15) is 0 Å². The Morgan fingerprint density at radius 3 is 2.90 bits per heavy atom. The van der Waals surface area contributed by atoms with E-state index in [1.807, 2.05) is 6.92 Å². The van der Waals surface area contributed by atoms with Gasteiger partial charge in [0.2, 0.25) is 0 Å². The molecule has 3 rings (SSSR count). The number of aryl methyl sites for hydroxylation is 1. The topological polar surface area (TPSA) is 81.0 Å². The molecule has 1 saturated carbocycles. The van der Waals surface area contributed by atoms with E-state index in [1.165, 1.54) is 18.9 Å². The van der Waals surface area contributed by atoms with E-state index in [0.29, 0.717) is 6.04 Å². The zero-order valence-corrected chi connectivity index (χ0v) is 12.5. The Kier molecular flexibility index (Phi) is 3.94. The van der Waals surface area contributed by atoms with Crippen LogP contribution in [0.5, 0.6) is 0 Å². The van der Waals surface area contributed by atoms with Gasteiger partial charge in [-0.1, -0.05) is 11.3 Å². The third-order valence-corrected chi connectivity index (χ3v) is 4.48. The molecule has 21 heavy (non-hydrogen) atoms. The van der Waals surface area contributed by atoms with Gasteiger partial charge in [0.1, 0.15) is 10.0 Å². The normalized spacial score (nSPS) is 14.3.